The summed E-state index contributed by atoms with van der Waals surface area (Å²) in [5, 5.41) is 12.3. The van der Waals surface area contributed by atoms with Crippen molar-refractivity contribution in [3.8, 4) is 6.07 Å². The number of nitrogens with one attached hydrogen (secondary N) is 1. The summed E-state index contributed by atoms with van der Waals surface area (Å²) in [5.41, 5.74) is 1.41. The van der Waals surface area contributed by atoms with Crippen LogP contribution in [0.3, 0.4) is 0 Å². The Bertz CT molecular complexity index is 640. The molecule has 5 heteroatoms. The first-order valence-corrected chi connectivity index (χ1v) is 6.64. The minimum absolute atomic E-state index is 0.00814. The third kappa shape index (κ3) is 3.46. The lowest BCUT2D eigenvalue weighted by atomic mass is 10.1. The number of nitrogens with zero attached hydrogens (tertiary/aromatic N) is 1. The lowest BCUT2D eigenvalue weighted by molar-refractivity contribution is 0.627. The van der Waals surface area contributed by atoms with Crippen LogP contribution in [0.25, 0.3) is 0 Å². The topological polar surface area (TPSA) is 35.8 Å². The van der Waals surface area contributed by atoms with Crippen molar-refractivity contribution in [1.82, 2.24) is 0 Å². The minimum atomic E-state index is -0.590. The number of nitriles is 1. The van der Waals surface area contributed by atoms with Gasteiger partial charge in [-0.05, 0) is 35.9 Å². The first-order valence-electron chi connectivity index (χ1n) is 5.47. The molecule has 2 rings (SSSR count). The second kappa shape index (κ2) is 6.05. The molecule has 0 heterocycles. The fourth-order valence-electron chi connectivity index (χ4n) is 1.63. The molecule has 0 fully saturated rings. The molecule has 0 spiro atoms. The van der Waals surface area contributed by atoms with Crippen molar-refractivity contribution in [2.75, 3.05) is 5.32 Å². The summed E-state index contributed by atoms with van der Waals surface area (Å²) in [6.45, 7) is 0. The van der Waals surface area contributed by atoms with Crippen LogP contribution >= 0.6 is 27.5 Å². The Hall–Kier alpha value is -1.57. The third-order valence-corrected chi connectivity index (χ3v) is 3.32. The lowest BCUT2D eigenvalue weighted by Crippen LogP contribution is -2.08. The molecule has 2 nitrogen and oxygen atoms in total. The van der Waals surface area contributed by atoms with E-state index in [9.17, 15) is 9.65 Å². The number of hydrogen-bond acceptors (Lipinski definition) is 2. The Kier molecular flexibility index (Phi) is 4.41. The molecule has 0 aliphatic rings. The van der Waals surface area contributed by atoms with Gasteiger partial charge in [0.25, 0.3) is 0 Å². The number of benzene rings is 2. The van der Waals surface area contributed by atoms with Gasteiger partial charge in [0.1, 0.15) is 11.9 Å². The SMILES string of the molecule is N#CC(Nc1cccc(Br)c1)c1ccc(F)c(Cl)c1. The van der Waals surface area contributed by atoms with Gasteiger partial charge < -0.3 is 5.32 Å². The van der Waals surface area contributed by atoms with Gasteiger partial charge in [0.2, 0.25) is 0 Å². The molecule has 0 aromatic heterocycles. The second-order valence-corrected chi connectivity index (χ2v) is 5.21. The second-order valence-electron chi connectivity index (χ2n) is 3.89. The van der Waals surface area contributed by atoms with Gasteiger partial charge in [-0.15, -0.1) is 0 Å². The normalized spacial score (nSPS) is 11.7. The highest BCUT2D eigenvalue weighted by Crippen LogP contribution is 2.25. The van der Waals surface area contributed by atoms with Gasteiger partial charge in [0, 0.05) is 10.2 Å². The predicted octanol–water partition coefficient (Wildman–Crippen LogP) is 4.92. The molecule has 0 amide bonds. The fraction of sp³-hybridized carbons (Fsp3) is 0.0714. The van der Waals surface area contributed by atoms with Crippen molar-refractivity contribution in [2.45, 2.75) is 6.04 Å². The van der Waals surface area contributed by atoms with E-state index in [4.69, 9.17) is 11.6 Å². The molecular weight excluding hydrogens is 331 g/mol. The van der Waals surface area contributed by atoms with Crippen molar-refractivity contribution in [2.24, 2.45) is 0 Å². The third-order valence-electron chi connectivity index (χ3n) is 2.54. The van der Waals surface area contributed by atoms with Crippen molar-refractivity contribution < 1.29 is 4.39 Å². The van der Waals surface area contributed by atoms with Crippen LogP contribution in [0.15, 0.2) is 46.9 Å². The van der Waals surface area contributed by atoms with Crippen LogP contribution < -0.4 is 5.32 Å². The average Bonchev–Trinajstić information content (AvgIpc) is 2.39. The van der Waals surface area contributed by atoms with Crippen LogP contribution in [0.2, 0.25) is 5.02 Å². The number of hydrogen-bond donors (Lipinski definition) is 1. The van der Waals surface area contributed by atoms with Crippen molar-refractivity contribution in [3.05, 3.63) is 63.3 Å². The van der Waals surface area contributed by atoms with E-state index in [0.717, 1.165) is 10.2 Å². The van der Waals surface area contributed by atoms with Crippen LogP contribution in [-0.2, 0) is 0 Å². The quantitative estimate of drug-likeness (QED) is 0.861. The maximum absolute atomic E-state index is 13.1. The standard InChI is InChI=1S/C14H9BrClFN2/c15-10-2-1-3-11(7-10)19-14(8-18)9-4-5-13(17)12(16)6-9/h1-7,14,19H. The molecule has 0 bridgehead atoms. The molecule has 1 atom stereocenters. The smallest absolute Gasteiger partial charge is 0.141 e. The van der Waals surface area contributed by atoms with E-state index >= 15 is 0 Å². The molecule has 2 aromatic rings. The maximum atomic E-state index is 13.1. The summed E-state index contributed by atoms with van der Waals surface area (Å²) in [5.74, 6) is -0.496. The largest absolute Gasteiger partial charge is 0.366 e. The van der Waals surface area contributed by atoms with E-state index in [1.54, 1.807) is 6.07 Å². The van der Waals surface area contributed by atoms with Crippen LogP contribution in [0.1, 0.15) is 11.6 Å². The van der Waals surface area contributed by atoms with Gasteiger partial charge in [-0.3, -0.25) is 0 Å². The Morgan fingerprint density at radius 2 is 2.05 bits per heavy atom. The molecule has 96 valence electrons. The Balaban J connectivity index is 2.25. The van der Waals surface area contributed by atoms with Gasteiger partial charge in [-0.2, -0.15) is 5.26 Å². The number of rotatable bonds is 3. The molecule has 0 aliphatic carbocycles. The summed E-state index contributed by atoms with van der Waals surface area (Å²) in [6.07, 6.45) is 0. The monoisotopic (exact) mass is 338 g/mol. The first kappa shape index (κ1) is 13.9. The van der Waals surface area contributed by atoms with Crippen LogP contribution in [0.4, 0.5) is 10.1 Å². The van der Waals surface area contributed by atoms with E-state index in [-0.39, 0.29) is 5.02 Å². The van der Waals surface area contributed by atoms with Crippen molar-refractivity contribution in [1.29, 1.82) is 5.26 Å². The van der Waals surface area contributed by atoms with Crippen molar-refractivity contribution >= 4 is 33.2 Å². The zero-order valence-corrected chi connectivity index (χ0v) is 12.0. The Morgan fingerprint density at radius 1 is 1.26 bits per heavy atom. The average molecular weight is 340 g/mol. The van der Waals surface area contributed by atoms with Gasteiger partial charge in [0.05, 0.1) is 11.1 Å². The molecule has 0 saturated heterocycles. The number of halogens is 3. The summed E-state index contributed by atoms with van der Waals surface area (Å²) < 4.78 is 14.0. The van der Waals surface area contributed by atoms with Crippen molar-refractivity contribution in [3.63, 3.8) is 0 Å². The van der Waals surface area contributed by atoms with E-state index in [1.165, 1.54) is 12.1 Å². The molecule has 1 N–H and O–H groups in total. The fourth-order valence-corrected chi connectivity index (χ4v) is 2.22. The van der Waals surface area contributed by atoms with E-state index in [0.29, 0.717) is 5.56 Å². The summed E-state index contributed by atoms with van der Waals surface area (Å²) in [6, 6.07) is 13.2. The molecule has 0 saturated carbocycles. The Labute approximate surface area is 123 Å². The summed E-state index contributed by atoms with van der Waals surface area (Å²) >= 11 is 9.08. The minimum Gasteiger partial charge on any atom is -0.366 e. The van der Waals surface area contributed by atoms with Gasteiger partial charge in [-0.25, -0.2) is 4.39 Å². The maximum Gasteiger partial charge on any atom is 0.141 e. The molecule has 0 aliphatic heterocycles. The highest BCUT2D eigenvalue weighted by atomic mass is 79.9. The Morgan fingerprint density at radius 3 is 2.68 bits per heavy atom. The number of anilines is 1. The van der Waals surface area contributed by atoms with E-state index < -0.39 is 11.9 Å². The highest BCUT2D eigenvalue weighted by Gasteiger charge is 2.12. The zero-order valence-electron chi connectivity index (χ0n) is 9.70. The van der Waals surface area contributed by atoms with Crippen LogP contribution in [0.5, 0.6) is 0 Å². The molecule has 2 aromatic carbocycles. The van der Waals surface area contributed by atoms with Gasteiger partial charge in [0.15, 0.2) is 0 Å². The molecule has 19 heavy (non-hydrogen) atoms. The molecule has 1 unspecified atom stereocenters. The summed E-state index contributed by atoms with van der Waals surface area (Å²) in [4.78, 5) is 0. The molecule has 0 radical (unpaired) electrons. The first-order chi connectivity index (χ1) is 9.10. The van der Waals surface area contributed by atoms with E-state index in [2.05, 4.69) is 27.3 Å². The molecular formula is C14H9BrClFN2. The van der Waals surface area contributed by atoms with E-state index in [1.807, 2.05) is 24.3 Å². The van der Waals surface area contributed by atoms with Crippen LogP contribution in [0, 0.1) is 17.1 Å². The summed E-state index contributed by atoms with van der Waals surface area (Å²) in [7, 11) is 0. The van der Waals surface area contributed by atoms with Crippen LogP contribution in [-0.4, -0.2) is 0 Å². The zero-order chi connectivity index (χ0) is 13.8. The van der Waals surface area contributed by atoms with Gasteiger partial charge in [-0.1, -0.05) is 39.7 Å². The predicted molar refractivity (Wildman–Crippen MR) is 77.5 cm³/mol. The lowest BCUT2D eigenvalue weighted by Gasteiger charge is -2.14. The highest BCUT2D eigenvalue weighted by molar-refractivity contribution is 9.10. The van der Waals surface area contributed by atoms with Gasteiger partial charge >= 0.3 is 0 Å².